The molecule has 0 unspecified atom stereocenters. The third kappa shape index (κ3) is 8.31. The Morgan fingerprint density at radius 2 is 1.74 bits per heavy atom. The number of nitrogens with one attached hydrogen (secondary N) is 1. The van der Waals surface area contributed by atoms with Gasteiger partial charge in [-0.3, -0.25) is 24.0 Å². The number of sulfonamides is 1. The Bertz CT molecular complexity index is 1330. The summed E-state index contributed by atoms with van der Waals surface area (Å²) in [5, 5.41) is 14.8. The number of aryl methyl sites for hydroxylation is 1. The number of nitro benzene ring substituents is 1. The second kappa shape index (κ2) is 12.3. The van der Waals surface area contributed by atoms with Gasteiger partial charge in [-0.05, 0) is 57.4 Å². The molecule has 38 heavy (non-hydrogen) atoms. The zero-order valence-corrected chi connectivity index (χ0v) is 24.4. The number of nitro groups is 1. The highest BCUT2D eigenvalue weighted by Crippen LogP contribution is 2.28. The van der Waals surface area contributed by atoms with Crippen LogP contribution in [0.2, 0.25) is 10.0 Å². The summed E-state index contributed by atoms with van der Waals surface area (Å²) in [6, 6.07) is 7.61. The number of non-ortho nitro benzene ring substituents is 1. The van der Waals surface area contributed by atoms with Gasteiger partial charge in [0.05, 0.1) is 26.9 Å². The molecule has 2 rings (SSSR count). The van der Waals surface area contributed by atoms with Crippen molar-refractivity contribution in [3.63, 3.8) is 0 Å². The van der Waals surface area contributed by atoms with Gasteiger partial charge >= 0.3 is 0 Å². The molecule has 0 saturated carbocycles. The first-order chi connectivity index (χ1) is 17.4. The second-order valence-electron chi connectivity index (χ2n) is 9.93. The van der Waals surface area contributed by atoms with Crippen LogP contribution in [-0.2, 0) is 26.2 Å². The number of hydrogen-bond acceptors (Lipinski definition) is 6. The molecule has 0 saturated heterocycles. The summed E-state index contributed by atoms with van der Waals surface area (Å²) >= 11 is 12.2. The SMILES string of the molecule is CC[C@@H](C(=O)NC(C)(C)C)N(Cc1ccc(Cl)c(Cl)c1)C(=O)CN(c1cc([N+](=O)[O-])ccc1C)S(C)(=O)=O. The van der Waals surface area contributed by atoms with Gasteiger partial charge in [0.25, 0.3) is 5.69 Å². The van der Waals surface area contributed by atoms with Gasteiger partial charge in [-0.1, -0.05) is 42.3 Å². The largest absolute Gasteiger partial charge is 0.350 e. The lowest BCUT2D eigenvalue weighted by Crippen LogP contribution is -2.55. The van der Waals surface area contributed by atoms with Gasteiger partial charge in [0, 0.05) is 24.2 Å². The van der Waals surface area contributed by atoms with Gasteiger partial charge < -0.3 is 10.2 Å². The zero-order chi connectivity index (χ0) is 29.0. The average Bonchev–Trinajstić information content (AvgIpc) is 2.78. The molecule has 0 radical (unpaired) electrons. The number of carbonyl (C=O) groups excluding carboxylic acids is 2. The number of hydrogen-bond donors (Lipinski definition) is 1. The molecular weight excluding hydrogens is 555 g/mol. The third-order valence-electron chi connectivity index (χ3n) is 5.57. The molecule has 2 amide bonds. The lowest BCUT2D eigenvalue weighted by molar-refractivity contribution is -0.384. The Morgan fingerprint density at radius 1 is 1.11 bits per heavy atom. The lowest BCUT2D eigenvalue weighted by Gasteiger charge is -2.34. The molecule has 1 N–H and O–H groups in total. The number of rotatable bonds is 10. The van der Waals surface area contributed by atoms with Gasteiger partial charge in [0.1, 0.15) is 12.6 Å². The van der Waals surface area contributed by atoms with E-state index in [-0.39, 0.29) is 29.4 Å². The van der Waals surface area contributed by atoms with Gasteiger partial charge in [-0.2, -0.15) is 0 Å². The number of benzene rings is 2. The Kier molecular flexibility index (Phi) is 10.2. The third-order valence-corrected chi connectivity index (χ3v) is 7.44. The zero-order valence-electron chi connectivity index (χ0n) is 22.1. The summed E-state index contributed by atoms with van der Waals surface area (Å²) in [5.41, 5.74) is 0.0865. The van der Waals surface area contributed by atoms with Crippen molar-refractivity contribution in [2.75, 3.05) is 17.1 Å². The molecule has 0 bridgehead atoms. The van der Waals surface area contributed by atoms with E-state index in [2.05, 4.69) is 5.32 Å². The molecule has 0 aliphatic carbocycles. The fourth-order valence-electron chi connectivity index (χ4n) is 3.78. The van der Waals surface area contributed by atoms with E-state index in [1.165, 1.54) is 17.0 Å². The van der Waals surface area contributed by atoms with Crippen molar-refractivity contribution in [2.24, 2.45) is 0 Å². The van der Waals surface area contributed by atoms with Crippen LogP contribution in [0.5, 0.6) is 0 Å². The smallest absolute Gasteiger partial charge is 0.271 e. The van der Waals surface area contributed by atoms with Crippen molar-refractivity contribution in [1.29, 1.82) is 0 Å². The molecule has 2 aromatic carbocycles. The van der Waals surface area contributed by atoms with Gasteiger partial charge in [-0.25, -0.2) is 8.42 Å². The Morgan fingerprint density at radius 3 is 2.24 bits per heavy atom. The van der Waals surface area contributed by atoms with E-state index in [0.29, 0.717) is 16.1 Å². The van der Waals surface area contributed by atoms with Crippen LogP contribution in [0.15, 0.2) is 36.4 Å². The molecular formula is C25H32Cl2N4O6S. The fraction of sp³-hybridized carbons (Fsp3) is 0.440. The first-order valence-electron chi connectivity index (χ1n) is 11.7. The number of nitrogens with zero attached hydrogens (tertiary/aromatic N) is 3. The van der Waals surface area contributed by atoms with Crippen molar-refractivity contribution in [3.05, 3.63) is 67.7 Å². The Labute approximate surface area is 233 Å². The van der Waals surface area contributed by atoms with E-state index in [1.807, 2.05) is 0 Å². The van der Waals surface area contributed by atoms with Crippen LogP contribution in [0, 0.1) is 17.0 Å². The molecule has 10 nitrogen and oxygen atoms in total. The quantitative estimate of drug-likeness (QED) is 0.317. The van der Waals surface area contributed by atoms with Gasteiger partial charge in [0.2, 0.25) is 21.8 Å². The maximum atomic E-state index is 13.8. The summed E-state index contributed by atoms with van der Waals surface area (Å²) < 4.78 is 26.4. The minimum absolute atomic E-state index is 0.00303. The molecule has 0 spiro atoms. The highest BCUT2D eigenvalue weighted by atomic mass is 35.5. The van der Waals surface area contributed by atoms with Crippen molar-refractivity contribution >= 4 is 56.4 Å². The van der Waals surface area contributed by atoms with Crippen LogP contribution in [-0.4, -0.2) is 54.4 Å². The predicted molar refractivity (Wildman–Crippen MR) is 149 cm³/mol. The van der Waals surface area contributed by atoms with Crippen LogP contribution >= 0.6 is 23.2 Å². The number of anilines is 1. The van der Waals surface area contributed by atoms with Crippen molar-refractivity contribution in [1.82, 2.24) is 10.2 Å². The maximum absolute atomic E-state index is 13.8. The molecule has 1 atom stereocenters. The van der Waals surface area contributed by atoms with Gasteiger partial charge in [0.15, 0.2) is 0 Å². The van der Waals surface area contributed by atoms with E-state index in [4.69, 9.17) is 23.2 Å². The van der Waals surface area contributed by atoms with E-state index < -0.39 is 44.9 Å². The summed E-state index contributed by atoms with van der Waals surface area (Å²) in [5.74, 6) is -1.09. The summed E-state index contributed by atoms with van der Waals surface area (Å²) in [6.07, 6.45) is 1.15. The fourth-order valence-corrected chi connectivity index (χ4v) is 5.00. The maximum Gasteiger partial charge on any atom is 0.271 e. The highest BCUT2D eigenvalue weighted by Gasteiger charge is 2.33. The number of halogens is 2. The Balaban J connectivity index is 2.57. The minimum Gasteiger partial charge on any atom is -0.350 e. The number of amides is 2. The first kappa shape index (κ1) is 31.3. The predicted octanol–water partition coefficient (Wildman–Crippen LogP) is 4.70. The highest BCUT2D eigenvalue weighted by molar-refractivity contribution is 7.92. The van der Waals surface area contributed by atoms with E-state index in [0.717, 1.165) is 16.6 Å². The molecule has 208 valence electrons. The van der Waals surface area contributed by atoms with Crippen LogP contribution in [0.25, 0.3) is 0 Å². The van der Waals surface area contributed by atoms with E-state index >= 15 is 0 Å². The molecule has 0 fully saturated rings. The standard InChI is InChI=1S/C25H32Cl2N4O6S/c1-7-21(24(33)28-25(3,4)5)29(14-17-9-11-19(26)20(27)12-17)23(32)15-30(38(6,36)37)22-13-18(31(34)35)10-8-16(22)2/h8-13,21H,7,14-15H2,1-6H3,(H,28,33)/t21-/m0/s1. The normalized spacial score (nSPS) is 12.5. The summed E-state index contributed by atoms with van der Waals surface area (Å²) in [4.78, 5) is 39.0. The lowest BCUT2D eigenvalue weighted by atomic mass is 10.1. The molecule has 0 aliphatic heterocycles. The molecule has 0 aromatic heterocycles. The van der Waals surface area contributed by atoms with Crippen LogP contribution in [0.3, 0.4) is 0 Å². The molecule has 0 heterocycles. The monoisotopic (exact) mass is 586 g/mol. The van der Waals surface area contributed by atoms with Crippen LogP contribution < -0.4 is 9.62 Å². The van der Waals surface area contributed by atoms with E-state index in [1.54, 1.807) is 52.8 Å². The Hall–Kier alpha value is -2.89. The van der Waals surface area contributed by atoms with Crippen LogP contribution in [0.4, 0.5) is 11.4 Å². The average molecular weight is 588 g/mol. The molecule has 2 aromatic rings. The topological polar surface area (TPSA) is 130 Å². The van der Waals surface area contributed by atoms with Crippen molar-refractivity contribution in [3.8, 4) is 0 Å². The van der Waals surface area contributed by atoms with Gasteiger partial charge in [-0.15, -0.1) is 0 Å². The summed E-state index contributed by atoms with van der Waals surface area (Å²) in [6.45, 7) is 8.00. The van der Waals surface area contributed by atoms with Crippen molar-refractivity contribution < 1.29 is 22.9 Å². The minimum atomic E-state index is -4.05. The van der Waals surface area contributed by atoms with Crippen molar-refractivity contribution in [2.45, 2.75) is 59.2 Å². The molecule has 13 heteroatoms. The molecule has 0 aliphatic rings. The van der Waals surface area contributed by atoms with E-state index in [9.17, 15) is 28.1 Å². The number of carbonyl (C=O) groups is 2. The first-order valence-corrected chi connectivity index (χ1v) is 14.3. The van der Waals surface area contributed by atoms with Crippen LogP contribution in [0.1, 0.15) is 45.2 Å². The summed E-state index contributed by atoms with van der Waals surface area (Å²) in [7, 11) is -4.05. The second-order valence-corrected chi connectivity index (χ2v) is 12.7.